The van der Waals surface area contributed by atoms with Crippen LogP contribution in [0.4, 0.5) is 18.9 Å². The molecular weight excluding hydrogens is 389 g/mol. The lowest BCUT2D eigenvalue weighted by Gasteiger charge is -2.13. The zero-order chi connectivity index (χ0) is 20.2. The third-order valence-electron chi connectivity index (χ3n) is 3.38. The highest BCUT2D eigenvalue weighted by Crippen LogP contribution is 2.29. The molecule has 0 fully saturated rings. The minimum absolute atomic E-state index is 0.0714. The predicted molar refractivity (Wildman–Crippen MR) is 91.7 cm³/mol. The summed E-state index contributed by atoms with van der Waals surface area (Å²) in [6.07, 6.45) is -4.23. The Hall–Kier alpha value is -2.81. The van der Waals surface area contributed by atoms with Crippen LogP contribution in [0.3, 0.4) is 0 Å². The lowest BCUT2D eigenvalue weighted by molar-refractivity contribution is -0.138. The van der Waals surface area contributed by atoms with Gasteiger partial charge in [0.05, 0.1) is 23.4 Å². The second-order valence-corrected chi connectivity index (χ2v) is 5.73. The molecule has 0 saturated heterocycles. The standard InChI is InChI=1S/C17H14ClF3N2O4/c1-2-27-16(26)11-5-3-4-6-13(11)22-14(24)9-23-8-10(17(19,20)21)7-12(18)15(23)25/h3-8H,2,9H2,1H3,(H,22,24). The minimum Gasteiger partial charge on any atom is -0.462 e. The number of carbonyl (C=O) groups excluding carboxylic acids is 2. The van der Waals surface area contributed by atoms with Crippen LogP contribution in [0, 0.1) is 0 Å². The van der Waals surface area contributed by atoms with Crippen LogP contribution in [0.2, 0.25) is 5.02 Å². The smallest absolute Gasteiger partial charge is 0.417 e. The normalized spacial score (nSPS) is 11.1. The molecule has 0 saturated carbocycles. The van der Waals surface area contributed by atoms with Crippen molar-refractivity contribution in [3.8, 4) is 0 Å². The molecule has 1 heterocycles. The molecule has 0 spiro atoms. The van der Waals surface area contributed by atoms with Crippen LogP contribution in [-0.4, -0.2) is 23.1 Å². The number of hydrogen-bond acceptors (Lipinski definition) is 4. The summed E-state index contributed by atoms with van der Waals surface area (Å²) in [5.41, 5.74) is -1.93. The van der Waals surface area contributed by atoms with Crippen molar-refractivity contribution < 1.29 is 27.5 Å². The van der Waals surface area contributed by atoms with Gasteiger partial charge >= 0.3 is 12.1 Å². The number of para-hydroxylation sites is 1. The average Bonchev–Trinajstić information content (AvgIpc) is 2.58. The molecule has 1 N–H and O–H groups in total. The number of anilines is 1. The summed E-state index contributed by atoms with van der Waals surface area (Å²) in [5.74, 6) is -1.49. The van der Waals surface area contributed by atoms with E-state index in [2.05, 4.69) is 5.32 Å². The maximum Gasteiger partial charge on any atom is 0.417 e. The van der Waals surface area contributed by atoms with E-state index in [4.69, 9.17) is 16.3 Å². The molecule has 144 valence electrons. The molecule has 10 heteroatoms. The number of halogens is 4. The number of amides is 1. The molecule has 0 bridgehead atoms. The lowest BCUT2D eigenvalue weighted by Crippen LogP contribution is -2.29. The maximum atomic E-state index is 12.9. The zero-order valence-electron chi connectivity index (χ0n) is 14.0. The fraction of sp³-hybridized carbons (Fsp3) is 0.235. The molecule has 0 unspecified atom stereocenters. The SMILES string of the molecule is CCOC(=O)c1ccccc1NC(=O)Cn1cc(C(F)(F)F)cc(Cl)c1=O. The lowest BCUT2D eigenvalue weighted by atomic mass is 10.2. The van der Waals surface area contributed by atoms with Gasteiger partial charge in [-0.3, -0.25) is 9.59 Å². The molecule has 6 nitrogen and oxygen atoms in total. The number of benzene rings is 1. The van der Waals surface area contributed by atoms with E-state index in [9.17, 15) is 27.6 Å². The summed E-state index contributed by atoms with van der Waals surface area (Å²) >= 11 is 5.54. The van der Waals surface area contributed by atoms with Gasteiger partial charge in [-0.05, 0) is 25.1 Å². The number of aromatic nitrogens is 1. The fourth-order valence-corrected chi connectivity index (χ4v) is 2.42. The highest BCUT2D eigenvalue weighted by molar-refractivity contribution is 6.30. The number of hydrogen-bond donors (Lipinski definition) is 1. The molecule has 27 heavy (non-hydrogen) atoms. The van der Waals surface area contributed by atoms with E-state index in [1.807, 2.05) is 0 Å². The van der Waals surface area contributed by atoms with Crippen molar-refractivity contribution in [1.29, 1.82) is 0 Å². The molecule has 0 radical (unpaired) electrons. The Kier molecular flexibility index (Phi) is 6.27. The number of rotatable bonds is 5. The summed E-state index contributed by atoms with van der Waals surface area (Å²) < 4.78 is 44.0. The summed E-state index contributed by atoms with van der Waals surface area (Å²) in [6, 6.07) is 6.44. The number of pyridine rings is 1. The third-order valence-corrected chi connectivity index (χ3v) is 3.65. The molecule has 2 rings (SSSR count). The molecule has 1 aromatic carbocycles. The number of esters is 1. The number of nitrogens with one attached hydrogen (secondary N) is 1. The fourth-order valence-electron chi connectivity index (χ4n) is 2.20. The van der Waals surface area contributed by atoms with E-state index in [1.54, 1.807) is 19.1 Å². The van der Waals surface area contributed by atoms with Gasteiger partial charge in [-0.15, -0.1) is 0 Å². The molecule has 2 aromatic rings. The van der Waals surface area contributed by atoms with E-state index in [0.717, 1.165) is 0 Å². The van der Waals surface area contributed by atoms with Gasteiger partial charge in [-0.1, -0.05) is 23.7 Å². The first-order valence-corrected chi connectivity index (χ1v) is 8.04. The molecule has 0 atom stereocenters. The highest BCUT2D eigenvalue weighted by Gasteiger charge is 2.32. The first kappa shape index (κ1) is 20.5. The summed E-state index contributed by atoms with van der Waals surface area (Å²) in [5, 5.41) is 1.72. The monoisotopic (exact) mass is 402 g/mol. The number of ether oxygens (including phenoxy) is 1. The second kappa shape index (κ2) is 8.26. The van der Waals surface area contributed by atoms with Crippen LogP contribution in [-0.2, 0) is 22.3 Å². The van der Waals surface area contributed by atoms with Gasteiger partial charge < -0.3 is 14.6 Å². The quantitative estimate of drug-likeness (QED) is 0.778. The maximum absolute atomic E-state index is 12.9. The van der Waals surface area contributed by atoms with Crippen molar-refractivity contribution >= 4 is 29.2 Å². The minimum atomic E-state index is -4.73. The first-order chi connectivity index (χ1) is 12.6. The number of alkyl halides is 3. The van der Waals surface area contributed by atoms with Gasteiger partial charge in [-0.2, -0.15) is 13.2 Å². The Morgan fingerprint density at radius 3 is 2.56 bits per heavy atom. The van der Waals surface area contributed by atoms with Crippen LogP contribution in [0.15, 0.2) is 41.3 Å². The van der Waals surface area contributed by atoms with Crippen molar-refractivity contribution in [2.75, 3.05) is 11.9 Å². The van der Waals surface area contributed by atoms with Crippen molar-refractivity contribution in [1.82, 2.24) is 4.57 Å². The van der Waals surface area contributed by atoms with E-state index >= 15 is 0 Å². The van der Waals surface area contributed by atoms with Crippen molar-refractivity contribution in [2.24, 2.45) is 0 Å². The van der Waals surface area contributed by atoms with Crippen LogP contribution < -0.4 is 10.9 Å². The first-order valence-electron chi connectivity index (χ1n) is 7.66. The largest absolute Gasteiger partial charge is 0.462 e. The van der Waals surface area contributed by atoms with Gasteiger partial charge in [0, 0.05) is 6.20 Å². The molecule has 0 aliphatic rings. The highest BCUT2D eigenvalue weighted by atomic mass is 35.5. The van der Waals surface area contributed by atoms with Crippen molar-refractivity contribution in [2.45, 2.75) is 19.6 Å². The van der Waals surface area contributed by atoms with Crippen LogP contribution in [0.1, 0.15) is 22.8 Å². The molecule has 0 aliphatic heterocycles. The van der Waals surface area contributed by atoms with Crippen LogP contribution >= 0.6 is 11.6 Å². The van der Waals surface area contributed by atoms with Gasteiger partial charge in [-0.25, -0.2) is 4.79 Å². The third kappa shape index (κ3) is 5.10. The Balaban J connectivity index is 2.26. The van der Waals surface area contributed by atoms with E-state index in [1.165, 1.54) is 12.1 Å². The number of carbonyl (C=O) groups is 2. The van der Waals surface area contributed by atoms with E-state index in [0.29, 0.717) is 16.8 Å². The Morgan fingerprint density at radius 1 is 1.26 bits per heavy atom. The van der Waals surface area contributed by atoms with Gasteiger partial charge in [0.25, 0.3) is 5.56 Å². The zero-order valence-corrected chi connectivity index (χ0v) is 14.7. The van der Waals surface area contributed by atoms with Gasteiger partial charge in [0.2, 0.25) is 5.91 Å². The number of nitrogens with zero attached hydrogens (tertiary/aromatic N) is 1. The van der Waals surface area contributed by atoms with Gasteiger partial charge in [0.15, 0.2) is 0 Å². The Bertz CT molecular complexity index is 925. The second-order valence-electron chi connectivity index (χ2n) is 5.32. The summed E-state index contributed by atoms with van der Waals surface area (Å²) in [4.78, 5) is 36.0. The van der Waals surface area contributed by atoms with Crippen molar-refractivity contribution in [3.05, 3.63) is 63.0 Å². The molecular formula is C17H14ClF3N2O4. The van der Waals surface area contributed by atoms with Crippen LogP contribution in [0.5, 0.6) is 0 Å². The molecule has 0 aliphatic carbocycles. The Labute approximate surface area is 156 Å². The predicted octanol–water partition coefficient (Wildman–Crippen LogP) is 3.34. The van der Waals surface area contributed by atoms with Crippen LogP contribution in [0.25, 0.3) is 0 Å². The summed E-state index contributed by atoms with van der Waals surface area (Å²) in [6.45, 7) is 1.02. The molecule has 1 aromatic heterocycles. The van der Waals surface area contributed by atoms with Gasteiger partial charge in [0.1, 0.15) is 11.6 Å². The molecule has 1 amide bonds. The van der Waals surface area contributed by atoms with E-state index in [-0.39, 0.29) is 17.9 Å². The average molecular weight is 403 g/mol. The Morgan fingerprint density at radius 2 is 1.93 bits per heavy atom. The topological polar surface area (TPSA) is 77.4 Å². The summed E-state index contributed by atoms with van der Waals surface area (Å²) in [7, 11) is 0. The van der Waals surface area contributed by atoms with E-state index < -0.39 is 40.7 Å². The van der Waals surface area contributed by atoms with Crippen molar-refractivity contribution in [3.63, 3.8) is 0 Å².